The van der Waals surface area contributed by atoms with Gasteiger partial charge < -0.3 is 10.2 Å². The van der Waals surface area contributed by atoms with Crippen molar-refractivity contribution in [3.05, 3.63) is 34.3 Å². The van der Waals surface area contributed by atoms with E-state index in [0.717, 1.165) is 24.0 Å². The Labute approximate surface area is 106 Å². The van der Waals surface area contributed by atoms with Gasteiger partial charge in [0.1, 0.15) is 0 Å². The number of benzene rings is 1. The predicted octanol–water partition coefficient (Wildman–Crippen LogP) is 2.28. The van der Waals surface area contributed by atoms with Gasteiger partial charge in [0, 0.05) is 29.6 Å². The second-order valence-corrected chi connectivity index (χ2v) is 5.53. The lowest BCUT2D eigenvalue weighted by molar-refractivity contribution is 0.163. The molecule has 1 N–H and O–H groups in total. The monoisotopic (exact) mass is 282 g/mol. The van der Waals surface area contributed by atoms with Gasteiger partial charge in [-0.2, -0.15) is 0 Å². The van der Waals surface area contributed by atoms with E-state index in [0.29, 0.717) is 12.1 Å². The van der Waals surface area contributed by atoms with Crippen LogP contribution in [0.2, 0.25) is 0 Å². The highest BCUT2D eigenvalue weighted by Crippen LogP contribution is 2.15. The van der Waals surface area contributed by atoms with Crippen LogP contribution >= 0.6 is 15.9 Å². The van der Waals surface area contributed by atoms with Gasteiger partial charge in [0.2, 0.25) is 0 Å². The third kappa shape index (κ3) is 2.84. The molecule has 0 spiro atoms. The minimum atomic E-state index is 0.569. The summed E-state index contributed by atoms with van der Waals surface area (Å²) in [5.74, 6) is 0. The predicted molar refractivity (Wildman–Crippen MR) is 71.7 cm³/mol. The number of nitrogens with zero attached hydrogens (tertiary/aromatic N) is 1. The number of hydrogen-bond acceptors (Lipinski definition) is 2. The second-order valence-electron chi connectivity index (χ2n) is 4.61. The van der Waals surface area contributed by atoms with E-state index in [1.807, 2.05) is 0 Å². The summed E-state index contributed by atoms with van der Waals surface area (Å²) in [4.78, 5) is 2.43. The smallest absolute Gasteiger partial charge is 0.0261 e. The van der Waals surface area contributed by atoms with E-state index in [1.165, 1.54) is 5.56 Å². The average molecular weight is 283 g/mol. The molecule has 1 aliphatic heterocycles. The highest BCUT2D eigenvalue weighted by atomic mass is 79.9. The zero-order valence-corrected chi connectivity index (χ0v) is 11.5. The lowest BCUT2D eigenvalue weighted by atomic mass is 9.98. The van der Waals surface area contributed by atoms with Crippen LogP contribution in [0.25, 0.3) is 0 Å². The molecule has 0 bridgehead atoms. The molecule has 3 heteroatoms. The molecule has 0 radical (unpaired) electrons. The Hall–Kier alpha value is -0.380. The molecule has 2 unspecified atom stereocenters. The van der Waals surface area contributed by atoms with E-state index < -0.39 is 0 Å². The largest absolute Gasteiger partial charge is 0.311 e. The Bertz CT molecular complexity index is 336. The molecular formula is C13H19BrN2. The summed E-state index contributed by atoms with van der Waals surface area (Å²) in [5, 5.41) is 3.61. The van der Waals surface area contributed by atoms with Crippen LogP contribution in [0.4, 0.5) is 0 Å². The summed E-state index contributed by atoms with van der Waals surface area (Å²) in [5.41, 5.74) is 1.41. The molecule has 2 nitrogen and oxygen atoms in total. The van der Waals surface area contributed by atoms with Crippen molar-refractivity contribution in [1.82, 2.24) is 10.2 Å². The van der Waals surface area contributed by atoms with Crippen LogP contribution in [-0.2, 0) is 6.42 Å². The summed E-state index contributed by atoms with van der Waals surface area (Å²) in [6.07, 6.45) is 1.11. The molecule has 1 aromatic carbocycles. The molecule has 1 saturated heterocycles. The van der Waals surface area contributed by atoms with Crippen molar-refractivity contribution in [1.29, 1.82) is 0 Å². The van der Waals surface area contributed by atoms with Gasteiger partial charge in [0.25, 0.3) is 0 Å². The van der Waals surface area contributed by atoms with E-state index in [2.05, 4.69) is 64.4 Å². The Morgan fingerprint density at radius 2 is 2.06 bits per heavy atom. The Morgan fingerprint density at radius 1 is 1.38 bits per heavy atom. The Balaban J connectivity index is 2.00. The van der Waals surface area contributed by atoms with Gasteiger partial charge in [-0.15, -0.1) is 0 Å². The molecule has 2 atom stereocenters. The van der Waals surface area contributed by atoms with Gasteiger partial charge in [-0.1, -0.05) is 28.1 Å². The lowest BCUT2D eigenvalue weighted by Crippen LogP contribution is -2.55. The fourth-order valence-corrected chi connectivity index (χ4v) is 2.49. The van der Waals surface area contributed by atoms with Crippen molar-refractivity contribution >= 4 is 15.9 Å². The minimum Gasteiger partial charge on any atom is -0.311 e. The molecule has 2 rings (SSSR count). The maximum Gasteiger partial charge on any atom is 0.0261 e. The topological polar surface area (TPSA) is 15.3 Å². The van der Waals surface area contributed by atoms with Gasteiger partial charge in [0.05, 0.1) is 0 Å². The zero-order chi connectivity index (χ0) is 11.5. The first-order chi connectivity index (χ1) is 7.66. The van der Waals surface area contributed by atoms with Crippen LogP contribution in [-0.4, -0.2) is 37.1 Å². The summed E-state index contributed by atoms with van der Waals surface area (Å²) < 4.78 is 1.15. The lowest BCUT2D eigenvalue weighted by Gasteiger charge is -2.38. The fraction of sp³-hybridized carbons (Fsp3) is 0.538. The van der Waals surface area contributed by atoms with Crippen molar-refractivity contribution < 1.29 is 0 Å². The molecule has 0 aromatic heterocycles. The summed E-state index contributed by atoms with van der Waals surface area (Å²) in [6, 6.07) is 9.82. The normalized spacial score (nSPS) is 26.9. The van der Waals surface area contributed by atoms with Gasteiger partial charge in [0.15, 0.2) is 0 Å². The number of nitrogens with one attached hydrogen (secondary N) is 1. The highest BCUT2D eigenvalue weighted by Gasteiger charge is 2.24. The van der Waals surface area contributed by atoms with Gasteiger partial charge in [-0.25, -0.2) is 0 Å². The number of hydrogen-bond donors (Lipinski definition) is 1. The first kappa shape index (κ1) is 12.1. The van der Waals surface area contributed by atoms with Crippen LogP contribution in [0, 0.1) is 0 Å². The molecule has 1 aromatic rings. The first-order valence-electron chi connectivity index (χ1n) is 5.85. The molecule has 0 aliphatic carbocycles. The van der Waals surface area contributed by atoms with E-state index in [4.69, 9.17) is 0 Å². The second kappa shape index (κ2) is 5.30. The van der Waals surface area contributed by atoms with Crippen LogP contribution < -0.4 is 5.32 Å². The number of likely N-dealkylation sites (N-methyl/N-ethyl adjacent to an activating group) is 1. The molecule has 16 heavy (non-hydrogen) atoms. The summed E-state index contributed by atoms with van der Waals surface area (Å²) in [6.45, 7) is 4.55. The van der Waals surface area contributed by atoms with Crippen LogP contribution in [0.15, 0.2) is 28.7 Å². The Morgan fingerprint density at radius 3 is 2.75 bits per heavy atom. The minimum absolute atomic E-state index is 0.569. The van der Waals surface area contributed by atoms with Gasteiger partial charge in [-0.3, -0.25) is 0 Å². The van der Waals surface area contributed by atoms with E-state index in [1.54, 1.807) is 0 Å². The van der Waals surface area contributed by atoms with Crippen LogP contribution in [0.3, 0.4) is 0 Å². The maximum atomic E-state index is 3.61. The Kier molecular flexibility index (Phi) is 4.00. The van der Waals surface area contributed by atoms with Crippen molar-refractivity contribution in [3.8, 4) is 0 Å². The molecule has 0 saturated carbocycles. The third-order valence-corrected chi connectivity index (χ3v) is 4.05. The number of piperazine rings is 1. The van der Waals surface area contributed by atoms with E-state index >= 15 is 0 Å². The zero-order valence-electron chi connectivity index (χ0n) is 9.91. The molecule has 0 amide bonds. The quantitative estimate of drug-likeness (QED) is 0.896. The van der Waals surface area contributed by atoms with E-state index in [-0.39, 0.29) is 0 Å². The van der Waals surface area contributed by atoms with E-state index in [9.17, 15) is 0 Å². The molecule has 1 aliphatic rings. The number of rotatable bonds is 2. The van der Waals surface area contributed by atoms with Crippen molar-refractivity contribution in [2.24, 2.45) is 0 Å². The molecular weight excluding hydrogens is 264 g/mol. The molecule has 1 heterocycles. The average Bonchev–Trinajstić information content (AvgIpc) is 2.28. The van der Waals surface area contributed by atoms with Crippen LogP contribution in [0.1, 0.15) is 12.5 Å². The number of halogens is 1. The molecule has 1 fully saturated rings. The standard InChI is InChI=1S/C13H19BrN2/c1-10-13(15-7-8-16(10)2)9-11-3-5-12(14)6-4-11/h3-6,10,13,15H,7-9H2,1-2H3. The van der Waals surface area contributed by atoms with Crippen LogP contribution in [0.5, 0.6) is 0 Å². The van der Waals surface area contributed by atoms with Crippen molar-refractivity contribution in [2.75, 3.05) is 20.1 Å². The molecule has 88 valence electrons. The SMILES string of the molecule is CC1C(Cc2ccc(Br)cc2)NCCN1C. The third-order valence-electron chi connectivity index (χ3n) is 3.52. The summed E-state index contributed by atoms with van der Waals surface area (Å²) >= 11 is 3.47. The van der Waals surface area contributed by atoms with Gasteiger partial charge >= 0.3 is 0 Å². The van der Waals surface area contributed by atoms with Gasteiger partial charge in [-0.05, 0) is 38.1 Å². The van der Waals surface area contributed by atoms with Crippen molar-refractivity contribution in [3.63, 3.8) is 0 Å². The maximum absolute atomic E-state index is 3.61. The summed E-state index contributed by atoms with van der Waals surface area (Å²) in [7, 11) is 2.21. The van der Waals surface area contributed by atoms with Crippen molar-refractivity contribution in [2.45, 2.75) is 25.4 Å². The highest BCUT2D eigenvalue weighted by molar-refractivity contribution is 9.10. The first-order valence-corrected chi connectivity index (χ1v) is 6.64. The fourth-order valence-electron chi connectivity index (χ4n) is 2.22.